The molecule has 3 amide bonds. The van der Waals surface area contributed by atoms with Crippen LogP contribution in [0.5, 0.6) is 0 Å². The summed E-state index contributed by atoms with van der Waals surface area (Å²) < 4.78 is 6.93. The maximum Gasteiger partial charge on any atom is 0.317 e. The van der Waals surface area contributed by atoms with Gasteiger partial charge in [0.05, 0.1) is 25.5 Å². The number of nitrogens with zero attached hydrogens (tertiary/aromatic N) is 5. The fraction of sp³-hybridized carbons (Fsp3) is 0.733. The summed E-state index contributed by atoms with van der Waals surface area (Å²) in [5.74, 6) is 0.311. The second kappa shape index (κ2) is 7.16. The molecule has 132 valence electrons. The van der Waals surface area contributed by atoms with E-state index in [9.17, 15) is 9.59 Å². The summed E-state index contributed by atoms with van der Waals surface area (Å²) >= 11 is 0. The molecule has 2 aliphatic rings. The molecular weight excluding hydrogens is 312 g/mol. The minimum absolute atomic E-state index is 0.0512. The maximum atomic E-state index is 12.3. The summed E-state index contributed by atoms with van der Waals surface area (Å²) in [5.41, 5.74) is 0.347. The van der Waals surface area contributed by atoms with Gasteiger partial charge in [-0.05, 0) is 5.92 Å². The Morgan fingerprint density at radius 1 is 1.29 bits per heavy atom. The SMILES string of the molecule is CC(C)CNC(=O)N1CC(n2cc(C(=O)N3CCOCC3)nn2)C1. The topological polar surface area (TPSA) is 92.6 Å². The predicted molar refractivity (Wildman–Crippen MR) is 85.6 cm³/mol. The van der Waals surface area contributed by atoms with Crippen molar-refractivity contribution in [1.82, 2.24) is 30.1 Å². The van der Waals surface area contributed by atoms with Crippen molar-refractivity contribution in [3.05, 3.63) is 11.9 Å². The number of carbonyl (C=O) groups is 2. The molecule has 3 rings (SSSR count). The first-order valence-corrected chi connectivity index (χ1v) is 8.36. The van der Waals surface area contributed by atoms with Gasteiger partial charge in [0.15, 0.2) is 5.69 Å². The van der Waals surface area contributed by atoms with E-state index in [-0.39, 0.29) is 18.0 Å². The molecule has 24 heavy (non-hydrogen) atoms. The van der Waals surface area contributed by atoms with Gasteiger partial charge in [0.1, 0.15) is 0 Å². The largest absolute Gasteiger partial charge is 0.378 e. The third-order valence-electron chi connectivity index (χ3n) is 4.21. The van der Waals surface area contributed by atoms with Crippen LogP contribution in [-0.4, -0.2) is 82.7 Å². The zero-order valence-electron chi connectivity index (χ0n) is 14.1. The molecule has 0 unspecified atom stereocenters. The molecule has 9 nitrogen and oxygen atoms in total. The molecule has 0 aliphatic carbocycles. The van der Waals surface area contributed by atoms with Crippen LogP contribution in [0.25, 0.3) is 0 Å². The first-order chi connectivity index (χ1) is 11.5. The number of nitrogens with one attached hydrogen (secondary N) is 1. The van der Waals surface area contributed by atoms with Crippen LogP contribution >= 0.6 is 0 Å². The smallest absolute Gasteiger partial charge is 0.317 e. The van der Waals surface area contributed by atoms with Crippen molar-refractivity contribution in [3.63, 3.8) is 0 Å². The lowest BCUT2D eigenvalue weighted by molar-refractivity contribution is 0.0299. The minimum atomic E-state index is -0.115. The van der Waals surface area contributed by atoms with Crippen molar-refractivity contribution in [2.45, 2.75) is 19.9 Å². The van der Waals surface area contributed by atoms with E-state index >= 15 is 0 Å². The Labute approximate surface area is 140 Å². The molecule has 2 saturated heterocycles. The third kappa shape index (κ3) is 3.66. The number of likely N-dealkylation sites (tertiary alicyclic amines) is 1. The first-order valence-electron chi connectivity index (χ1n) is 8.36. The normalized spacial score (nSPS) is 18.6. The van der Waals surface area contributed by atoms with E-state index in [0.29, 0.717) is 57.5 Å². The van der Waals surface area contributed by atoms with E-state index in [1.165, 1.54) is 0 Å². The van der Waals surface area contributed by atoms with Gasteiger partial charge in [-0.2, -0.15) is 0 Å². The fourth-order valence-corrected chi connectivity index (χ4v) is 2.67. The van der Waals surface area contributed by atoms with Crippen LogP contribution in [-0.2, 0) is 4.74 Å². The number of aromatic nitrogens is 3. The monoisotopic (exact) mass is 336 g/mol. The van der Waals surface area contributed by atoms with E-state index in [4.69, 9.17) is 4.74 Å². The second-order valence-electron chi connectivity index (χ2n) is 6.63. The lowest BCUT2D eigenvalue weighted by atomic mass is 10.1. The molecular formula is C15H24N6O3. The lowest BCUT2D eigenvalue weighted by Crippen LogP contribution is -2.54. The number of hydrogen-bond donors (Lipinski definition) is 1. The summed E-state index contributed by atoms with van der Waals surface area (Å²) in [6.45, 7) is 8.23. The first kappa shape index (κ1) is 16.7. The van der Waals surface area contributed by atoms with Crippen LogP contribution in [0, 0.1) is 5.92 Å². The van der Waals surface area contributed by atoms with E-state index in [1.807, 2.05) is 0 Å². The highest BCUT2D eigenvalue weighted by atomic mass is 16.5. The van der Waals surface area contributed by atoms with Gasteiger partial charge in [0, 0.05) is 32.7 Å². The van der Waals surface area contributed by atoms with E-state index < -0.39 is 0 Å². The van der Waals surface area contributed by atoms with Crippen molar-refractivity contribution in [3.8, 4) is 0 Å². The Bertz CT molecular complexity index is 590. The highest BCUT2D eigenvalue weighted by Crippen LogP contribution is 2.20. The van der Waals surface area contributed by atoms with Gasteiger partial charge < -0.3 is 19.9 Å². The van der Waals surface area contributed by atoms with Gasteiger partial charge in [-0.15, -0.1) is 5.10 Å². The molecule has 0 aromatic carbocycles. The number of ether oxygens (including phenoxy) is 1. The Kier molecular flexibility index (Phi) is 4.98. The number of amides is 3. The Hall–Kier alpha value is -2.16. The van der Waals surface area contributed by atoms with Crippen LogP contribution in [0.1, 0.15) is 30.4 Å². The molecule has 1 aromatic rings. The molecule has 9 heteroatoms. The second-order valence-corrected chi connectivity index (χ2v) is 6.63. The lowest BCUT2D eigenvalue weighted by Gasteiger charge is -2.38. The molecule has 3 heterocycles. The third-order valence-corrected chi connectivity index (χ3v) is 4.21. The molecule has 2 aliphatic heterocycles. The van der Waals surface area contributed by atoms with Gasteiger partial charge >= 0.3 is 6.03 Å². The Balaban J connectivity index is 1.50. The van der Waals surface area contributed by atoms with Gasteiger partial charge in [0.25, 0.3) is 5.91 Å². The molecule has 0 spiro atoms. The zero-order chi connectivity index (χ0) is 17.1. The number of rotatable bonds is 4. The molecule has 0 bridgehead atoms. The summed E-state index contributed by atoms with van der Waals surface area (Å²) in [7, 11) is 0. The van der Waals surface area contributed by atoms with Gasteiger partial charge in [-0.3, -0.25) is 4.79 Å². The van der Waals surface area contributed by atoms with E-state index in [0.717, 1.165) is 0 Å². The summed E-state index contributed by atoms with van der Waals surface area (Å²) in [5, 5.41) is 10.9. The molecule has 1 N–H and O–H groups in total. The van der Waals surface area contributed by atoms with Gasteiger partial charge in [0.2, 0.25) is 0 Å². The molecule has 0 saturated carbocycles. The zero-order valence-corrected chi connectivity index (χ0v) is 14.1. The van der Waals surface area contributed by atoms with Crippen molar-refractivity contribution < 1.29 is 14.3 Å². The van der Waals surface area contributed by atoms with Crippen molar-refractivity contribution in [2.75, 3.05) is 45.9 Å². The predicted octanol–water partition coefficient (Wildman–Crippen LogP) is -0.0272. The minimum Gasteiger partial charge on any atom is -0.378 e. The van der Waals surface area contributed by atoms with Crippen LogP contribution < -0.4 is 5.32 Å². The van der Waals surface area contributed by atoms with Gasteiger partial charge in [-0.1, -0.05) is 19.1 Å². The summed E-state index contributed by atoms with van der Waals surface area (Å²) in [6, 6.07) is 0.0261. The number of carbonyl (C=O) groups excluding carboxylic acids is 2. The van der Waals surface area contributed by atoms with Crippen molar-refractivity contribution >= 4 is 11.9 Å². The standard InChI is InChI=1S/C15H24N6O3/c1-11(2)7-16-15(23)20-8-12(9-20)21-10-13(17-18-21)14(22)19-3-5-24-6-4-19/h10-12H,3-9H2,1-2H3,(H,16,23). The van der Waals surface area contributed by atoms with Crippen LogP contribution in [0.4, 0.5) is 4.79 Å². The van der Waals surface area contributed by atoms with Crippen molar-refractivity contribution in [2.24, 2.45) is 5.92 Å². The molecule has 0 atom stereocenters. The van der Waals surface area contributed by atoms with Crippen LogP contribution in [0.3, 0.4) is 0 Å². The van der Waals surface area contributed by atoms with E-state index in [1.54, 1.807) is 20.7 Å². The number of urea groups is 1. The number of hydrogen-bond acceptors (Lipinski definition) is 5. The summed E-state index contributed by atoms with van der Waals surface area (Å²) in [6.07, 6.45) is 1.67. The van der Waals surface area contributed by atoms with E-state index in [2.05, 4.69) is 29.5 Å². The average molecular weight is 336 g/mol. The highest BCUT2D eigenvalue weighted by molar-refractivity contribution is 5.92. The summed E-state index contributed by atoms with van der Waals surface area (Å²) in [4.78, 5) is 27.7. The molecule has 0 radical (unpaired) electrons. The average Bonchev–Trinajstić information content (AvgIpc) is 3.01. The molecule has 2 fully saturated rings. The van der Waals surface area contributed by atoms with Gasteiger partial charge in [-0.25, -0.2) is 9.48 Å². The Morgan fingerprint density at radius 3 is 2.67 bits per heavy atom. The highest BCUT2D eigenvalue weighted by Gasteiger charge is 2.33. The maximum absolute atomic E-state index is 12.3. The number of morpholine rings is 1. The Morgan fingerprint density at radius 2 is 2.00 bits per heavy atom. The quantitative estimate of drug-likeness (QED) is 0.834. The molecule has 1 aromatic heterocycles. The van der Waals surface area contributed by atoms with Crippen LogP contribution in [0.2, 0.25) is 0 Å². The van der Waals surface area contributed by atoms with Crippen LogP contribution in [0.15, 0.2) is 6.20 Å². The van der Waals surface area contributed by atoms with Crippen molar-refractivity contribution in [1.29, 1.82) is 0 Å². The fourth-order valence-electron chi connectivity index (χ4n) is 2.67.